The van der Waals surface area contributed by atoms with Crippen molar-refractivity contribution in [3.05, 3.63) is 51.3 Å². The Balaban J connectivity index is 1.52. The lowest BCUT2D eigenvalue weighted by atomic mass is 10.2. The van der Waals surface area contributed by atoms with Gasteiger partial charge in [0.1, 0.15) is 0 Å². The van der Waals surface area contributed by atoms with Crippen LogP contribution in [0.4, 0.5) is 0 Å². The van der Waals surface area contributed by atoms with Crippen molar-refractivity contribution in [2.75, 3.05) is 20.6 Å². The number of nitrogens with one attached hydrogen (secondary N) is 1. The predicted octanol–water partition coefficient (Wildman–Crippen LogP) is 3.40. The van der Waals surface area contributed by atoms with Crippen molar-refractivity contribution in [3.8, 4) is 11.4 Å². The van der Waals surface area contributed by atoms with Crippen molar-refractivity contribution in [1.82, 2.24) is 25.3 Å². The molecule has 3 aromatic rings. The number of benzene rings is 1. The van der Waals surface area contributed by atoms with E-state index < -0.39 is 0 Å². The Hall–Kier alpha value is -2.45. The molecule has 9 heteroatoms. The lowest BCUT2D eigenvalue weighted by molar-refractivity contribution is 0.377. The molecular weight excluding hydrogens is 384 g/mol. The summed E-state index contributed by atoms with van der Waals surface area (Å²) in [6, 6.07) is 7.38. The second-order valence-electron chi connectivity index (χ2n) is 5.96. The summed E-state index contributed by atoms with van der Waals surface area (Å²) in [5.41, 5.74) is 1.87. The first-order valence-electron chi connectivity index (χ1n) is 8.46. The molecule has 0 aliphatic heterocycles. The molecule has 0 bridgehead atoms. The Labute approximate surface area is 167 Å². The number of halogens is 1. The maximum absolute atomic E-state index is 6.01. The summed E-state index contributed by atoms with van der Waals surface area (Å²) in [6.45, 7) is 3.33. The van der Waals surface area contributed by atoms with E-state index in [0.717, 1.165) is 22.2 Å². The van der Waals surface area contributed by atoms with E-state index in [4.69, 9.17) is 16.1 Å². The first-order chi connectivity index (χ1) is 13.0. The summed E-state index contributed by atoms with van der Waals surface area (Å²) >= 11 is 7.66. The van der Waals surface area contributed by atoms with E-state index in [-0.39, 0.29) is 0 Å². The molecule has 3 rings (SSSR count). The highest BCUT2D eigenvalue weighted by Gasteiger charge is 2.11. The molecule has 0 aliphatic carbocycles. The topological polar surface area (TPSA) is 79.4 Å². The molecule has 0 saturated heterocycles. The molecule has 0 atom stereocenters. The lowest BCUT2D eigenvalue weighted by Gasteiger charge is -2.20. The van der Waals surface area contributed by atoms with Gasteiger partial charge in [0.05, 0.1) is 17.2 Å². The van der Waals surface area contributed by atoms with Crippen LogP contribution in [-0.2, 0) is 13.0 Å². The zero-order valence-electron chi connectivity index (χ0n) is 15.4. The number of thiazole rings is 1. The standard InChI is InChI=1S/C18H21ClN6OS/c1-12-22-15(11-27-12)10-25(3)18(20-2)21-8-7-16-23-17(24-26-16)13-5-4-6-14(19)9-13/h4-6,9,11H,7-8,10H2,1-3H3,(H,20,21). The van der Waals surface area contributed by atoms with Gasteiger partial charge >= 0.3 is 0 Å². The number of aryl methyl sites for hydroxylation is 1. The van der Waals surface area contributed by atoms with E-state index in [9.17, 15) is 0 Å². The second kappa shape index (κ2) is 8.96. The highest BCUT2D eigenvalue weighted by molar-refractivity contribution is 7.09. The van der Waals surface area contributed by atoms with E-state index >= 15 is 0 Å². The van der Waals surface area contributed by atoms with Crippen LogP contribution in [0.3, 0.4) is 0 Å². The number of hydrogen-bond acceptors (Lipinski definition) is 6. The van der Waals surface area contributed by atoms with Crippen LogP contribution >= 0.6 is 22.9 Å². The van der Waals surface area contributed by atoms with Crippen LogP contribution in [0.1, 0.15) is 16.6 Å². The van der Waals surface area contributed by atoms with Gasteiger partial charge in [-0.05, 0) is 19.1 Å². The molecule has 2 heterocycles. The minimum absolute atomic E-state index is 0.535. The maximum atomic E-state index is 6.01. The molecular formula is C18H21ClN6OS. The van der Waals surface area contributed by atoms with Gasteiger partial charge in [0.2, 0.25) is 11.7 Å². The third-order valence-corrected chi connectivity index (χ3v) is 4.87. The summed E-state index contributed by atoms with van der Waals surface area (Å²) < 4.78 is 5.33. The normalized spacial score (nSPS) is 11.6. The van der Waals surface area contributed by atoms with Crippen molar-refractivity contribution in [2.24, 2.45) is 4.99 Å². The average molecular weight is 405 g/mol. The largest absolute Gasteiger partial charge is 0.356 e. The van der Waals surface area contributed by atoms with Gasteiger partial charge in [-0.15, -0.1) is 11.3 Å². The van der Waals surface area contributed by atoms with E-state index in [2.05, 4.69) is 30.8 Å². The molecule has 1 N–H and O–H groups in total. The molecule has 0 radical (unpaired) electrons. The van der Waals surface area contributed by atoms with Crippen LogP contribution in [-0.4, -0.2) is 46.6 Å². The minimum Gasteiger partial charge on any atom is -0.356 e. The quantitative estimate of drug-likeness (QED) is 0.501. The number of hydrogen-bond donors (Lipinski definition) is 1. The summed E-state index contributed by atoms with van der Waals surface area (Å²) in [5, 5.41) is 11.1. The molecule has 2 aromatic heterocycles. The Morgan fingerprint density at radius 1 is 1.37 bits per heavy atom. The van der Waals surface area contributed by atoms with Crippen molar-refractivity contribution >= 4 is 28.9 Å². The van der Waals surface area contributed by atoms with Gasteiger partial charge in [0, 0.05) is 43.0 Å². The molecule has 27 heavy (non-hydrogen) atoms. The third kappa shape index (κ3) is 5.27. The minimum atomic E-state index is 0.535. The molecule has 0 unspecified atom stereocenters. The highest BCUT2D eigenvalue weighted by Crippen LogP contribution is 2.19. The number of aliphatic imine (C=N–C) groups is 1. The lowest BCUT2D eigenvalue weighted by Crippen LogP contribution is -2.39. The fraction of sp³-hybridized carbons (Fsp3) is 0.333. The first kappa shape index (κ1) is 19.3. The van der Waals surface area contributed by atoms with Crippen molar-refractivity contribution in [2.45, 2.75) is 19.9 Å². The fourth-order valence-electron chi connectivity index (χ4n) is 2.57. The number of guanidine groups is 1. The number of nitrogens with zero attached hydrogens (tertiary/aromatic N) is 5. The van der Waals surface area contributed by atoms with E-state index in [1.54, 1.807) is 18.4 Å². The first-order valence-corrected chi connectivity index (χ1v) is 9.72. The monoisotopic (exact) mass is 404 g/mol. The Bertz CT molecular complexity index is 922. The van der Waals surface area contributed by atoms with Gasteiger partial charge in [0.15, 0.2) is 5.96 Å². The maximum Gasteiger partial charge on any atom is 0.228 e. The SMILES string of the molecule is CN=C(NCCc1nc(-c2cccc(Cl)c2)no1)N(C)Cc1csc(C)n1. The number of rotatable bonds is 6. The van der Waals surface area contributed by atoms with E-state index in [1.165, 1.54) is 0 Å². The van der Waals surface area contributed by atoms with Crippen LogP contribution in [0.15, 0.2) is 39.2 Å². The van der Waals surface area contributed by atoms with Crippen LogP contribution in [0.2, 0.25) is 5.02 Å². The highest BCUT2D eigenvalue weighted by atomic mass is 35.5. The molecule has 0 saturated carbocycles. The van der Waals surface area contributed by atoms with Crippen LogP contribution in [0.25, 0.3) is 11.4 Å². The summed E-state index contributed by atoms with van der Waals surface area (Å²) in [5.74, 6) is 1.88. The van der Waals surface area contributed by atoms with Gasteiger partial charge in [-0.25, -0.2) is 4.98 Å². The van der Waals surface area contributed by atoms with Gasteiger partial charge in [-0.3, -0.25) is 4.99 Å². The van der Waals surface area contributed by atoms with Crippen molar-refractivity contribution in [3.63, 3.8) is 0 Å². The smallest absolute Gasteiger partial charge is 0.228 e. The fourth-order valence-corrected chi connectivity index (χ4v) is 3.36. The number of aromatic nitrogens is 3. The predicted molar refractivity (Wildman–Crippen MR) is 108 cm³/mol. The Morgan fingerprint density at radius 2 is 2.22 bits per heavy atom. The summed E-state index contributed by atoms with van der Waals surface area (Å²) in [4.78, 5) is 15.2. The van der Waals surface area contributed by atoms with Crippen LogP contribution in [0.5, 0.6) is 0 Å². The summed E-state index contributed by atoms with van der Waals surface area (Å²) in [7, 11) is 3.74. The van der Waals surface area contributed by atoms with Gasteiger partial charge < -0.3 is 14.7 Å². The third-order valence-electron chi connectivity index (χ3n) is 3.81. The molecule has 1 aromatic carbocycles. The molecule has 142 valence electrons. The average Bonchev–Trinajstić information content (AvgIpc) is 3.28. The van der Waals surface area contributed by atoms with Crippen molar-refractivity contribution in [1.29, 1.82) is 0 Å². The van der Waals surface area contributed by atoms with Crippen LogP contribution in [0, 0.1) is 6.92 Å². The Morgan fingerprint density at radius 3 is 2.93 bits per heavy atom. The van der Waals surface area contributed by atoms with Gasteiger partial charge in [-0.2, -0.15) is 4.98 Å². The van der Waals surface area contributed by atoms with E-state index in [1.807, 2.05) is 43.1 Å². The molecule has 7 nitrogen and oxygen atoms in total. The summed E-state index contributed by atoms with van der Waals surface area (Å²) in [6.07, 6.45) is 0.593. The van der Waals surface area contributed by atoms with Crippen LogP contribution < -0.4 is 5.32 Å². The molecule has 0 spiro atoms. The van der Waals surface area contributed by atoms with Crippen molar-refractivity contribution < 1.29 is 4.52 Å². The zero-order chi connectivity index (χ0) is 19.2. The Kier molecular flexibility index (Phi) is 6.41. The zero-order valence-corrected chi connectivity index (χ0v) is 17.0. The van der Waals surface area contributed by atoms with E-state index in [0.29, 0.717) is 36.2 Å². The molecule has 0 fully saturated rings. The van der Waals surface area contributed by atoms with Gasteiger partial charge in [-0.1, -0.05) is 28.9 Å². The van der Waals surface area contributed by atoms with Gasteiger partial charge in [0.25, 0.3) is 0 Å². The molecule has 0 aliphatic rings. The molecule has 0 amide bonds. The second-order valence-corrected chi connectivity index (χ2v) is 7.46.